The van der Waals surface area contributed by atoms with Crippen molar-refractivity contribution in [2.75, 3.05) is 33.3 Å². The minimum absolute atomic E-state index is 0.419. The van der Waals surface area contributed by atoms with E-state index in [1.54, 1.807) is 7.11 Å². The van der Waals surface area contributed by atoms with Gasteiger partial charge in [0, 0.05) is 44.6 Å². The van der Waals surface area contributed by atoms with Crippen LogP contribution >= 0.6 is 0 Å². The first-order chi connectivity index (χ1) is 9.59. The molecule has 1 aromatic rings. The molecule has 2 aliphatic heterocycles. The van der Waals surface area contributed by atoms with Gasteiger partial charge >= 0.3 is 0 Å². The molecule has 5 heteroatoms. The van der Waals surface area contributed by atoms with Gasteiger partial charge in [-0.3, -0.25) is 4.90 Å². The molecule has 2 heterocycles. The molecule has 1 N–H and O–H groups in total. The molecule has 1 aromatic carbocycles. The second-order valence-corrected chi connectivity index (χ2v) is 5.77. The number of nitrogens with one attached hydrogen (secondary N) is 1. The van der Waals surface area contributed by atoms with E-state index in [4.69, 9.17) is 4.74 Å². The molecule has 20 heavy (non-hydrogen) atoms. The lowest BCUT2D eigenvalue weighted by molar-refractivity contribution is -0.164. The van der Waals surface area contributed by atoms with E-state index in [1.165, 1.54) is 0 Å². The summed E-state index contributed by atoms with van der Waals surface area (Å²) in [6.45, 7) is 2.49. The largest absolute Gasteiger partial charge is 0.497 e. The van der Waals surface area contributed by atoms with Gasteiger partial charge in [-0.05, 0) is 17.7 Å². The molecule has 2 saturated heterocycles. The van der Waals surface area contributed by atoms with Crippen molar-refractivity contribution in [2.24, 2.45) is 11.8 Å². The van der Waals surface area contributed by atoms with Crippen LogP contribution in [0.5, 0.6) is 5.75 Å². The average molecular weight is 282 g/mol. The molecule has 0 aliphatic carbocycles. The van der Waals surface area contributed by atoms with Gasteiger partial charge in [0.1, 0.15) is 5.75 Å². The lowest BCUT2D eigenvalue weighted by Crippen LogP contribution is -2.62. The van der Waals surface area contributed by atoms with Crippen molar-refractivity contribution in [3.05, 3.63) is 29.8 Å². The Morgan fingerprint density at radius 2 is 1.80 bits per heavy atom. The summed E-state index contributed by atoms with van der Waals surface area (Å²) in [5, 5.41) is 3.12. The molecule has 2 atom stereocenters. The second kappa shape index (κ2) is 5.30. The number of piperidine rings is 2. The van der Waals surface area contributed by atoms with Crippen molar-refractivity contribution >= 4 is 0 Å². The standard InChI is InChI=1S/C15H20F2N2O/c1-20-14-4-2-11(3-5-14)8-19-9-12-6-18-7-13(10-19)15(12,16)17/h2-5,12-13,18H,6-10H2,1H3. The molecule has 2 aliphatic rings. The van der Waals surface area contributed by atoms with Crippen LogP contribution in [0.15, 0.2) is 24.3 Å². The number of alkyl halides is 2. The highest BCUT2D eigenvalue weighted by Gasteiger charge is 2.53. The number of methoxy groups -OCH3 is 1. The summed E-state index contributed by atoms with van der Waals surface area (Å²) in [7, 11) is 1.63. The van der Waals surface area contributed by atoms with Crippen LogP contribution in [-0.2, 0) is 6.54 Å². The van der Waals surface area contributed by atoms with Crippen LogP contribution in [0.3, 0.4) is 0 Å². The minimum atomic E-state index is -2.51. The predicted molar refractivity (Wildman–Crippen MR) is 73.1 cm³/mol. The number of nitrogens with zero attached hydrogens (tertiary/aromatic N) is 1. The van der Waals surface area contributed by atoms with Crippen molar-refractivity contribution < 1.29 is 13.5 Å². The molecule has 110 valence electrons. The third kappa shape index (κ3) is 2.52. The summed E-state index contributed by atoms with van der Waals surface area (Å²) < 4.78 is 33.2. The summed E-state index contributed by atoms with van der Waals surface area (Å²) in [5.74, 6) is -2.82. The Morgan fingerprint density at radius 3 is 2.35 bits per heavy atom. The van der Waals surface area contributed by atoms with Crippen LogP contribution in [0, 0.1) is 11.8 Å². The third-order valence-electron chi connectivity index (χ3n) is 4.39. The van der Waals surface area contributed by atoms with Crippen LogP contribution in [0.1, 0.15) is 5.56 Å². The monoisotopic (exact) mass is 282 g/mol. The molecule has 0 radical (unpaired) electrons. The van der Waals surface area contributed by atoms with Crippen LogP contribution in [0.4, 0.5) is 8.78 Å². The topological polar surface area (TPSA) is 24.5 Å². The Hall–Kier alpha value is -1.20. The number of hydrogen-bond acceptors (Lipinski definition) is 3. The molecular weight excluding hydrogens is 262 g/mol. The zero-order valence-corrected chi connectivity index (χ0v) is 11.6. The number of hydrogen-bond donors (Lipinski definition) is 1. The fourth-order valence-electron chi connectivity index (χ4n) is 3.23. The number of fused-ring (bicyclic) bond motifs is 2. The Balaban J connectivity index is 1.67. The van der Waals surface area contributed by atoms with Crippen molar-refractivity contribution in [2.45, 2.75) is 12.5 Å². The number of benzene rings is 1. The van der Waals surface area contributed by atoms with E-state index in [-0.39, 0.29) is 0 Å². The normalized spacial score (nSPS) is 29.1. The lowest BCUT2D eigenvalue weighted by Gasteiger charge is -2.47. The smallest absolute Gasteiger partial charge is 0.258 e. The van der Waals surface area contributed by atoms with Crippen molar-refractivity contribution in [3.63, 3.8) is 0 Å². The number of ether oxygens (including phenoxy) is 1. The van der Waals surface area contributed by atoms with Gasteiger partial charge in [0.25, 0.3) is 5.92 Å². The number of rotatable bonds is 3. The summed E-state index contributed by atoms with van der Waals surface area (Å²) in [6, 6.07) is 7.83. The van der Waals surface area contributed by atoms with Gasteiger partial charge in [-0.25, -0.2) is 8.78 Å². The highest BCUT2D eigenvalue weighted by molar-refractivity contribution is 5.27. The molecule has 0 amide bonds. The average Bonchev–Trinajstić information content (AvgIpc) is 2.40. The molecule has 2 unspecified atom stereocenters. The number of halogens is 2. The zero-order valence-electron chi connectivity index (χ0n) is 11.6. The van der Waals surface area contributed by atoms with Crippen molar-refractivity contribution in [1.29, 1.82) is 0 Å². The van der Waals surface area contributed by atoms with Crippen LogP contribution in [0.2, 0.25) is 0 Å². The van der Waals surface area contributed by atoms with Crippen LogP contribution in [0.25, 0.3) is 0 Å². The third-order valence-corrected chi connectivity index (χ3v) is 4.39. The summed E-state index contributed by atoms with van der Waals surface area (Å²) in [5.41, 5.74) is 1.14. The van der Waals surface area contributed by atoms with E-state index in [0.717, 1.165) is 17.9 Å². The molecule has 0 aromatic heterocycles. The molecule has 0 saturated carbocycles. The van der Waals surface area contributed by atoms with Gasteiger partial charge in [-0.15, -0.1) is 0 Å². The van der Waals surface area contributed by atoms with E-state index >= 15 is 0 Å². The van der Waals surface area contributed by atoms with Gasteiger partial charge in [-0.1, -0.05) is 12.1 Å². The fourth-order valence-corrected chi connectivity index (χ4v) is 3.23. The van der Waals surface area contributed by atoms with Gasteiger partial charge < -0.3 is 10.1 Å². The summed E-state index contributed by atoms with van der Waals surface area (Å²) in [4.78, 5) is 2.15. The maximum atomic E-state index is 14.0. The first-order valence-electron chi connectivity index (χ1n) is 7.03. The quantitative estimate of drug-likeness (QED) is 0.917. The molecule has 3 rings (SSSR count). The summed E-state index contributed by atoms with van der Waals surface area (Å²) >= 11 is 0. The van der Waals surface area contributed by atoms with E-state index in [9.17, 15) is 8.78 Å². The predicted octanol–water partition coefficient (Wildman–Crippen LogP) is 1.98. The van der Waals surface area contributed by atoms with Gasteiger partial charge in [0.15, 0.2) is 0 Å². The van der Waals surface area contributed by atoms with E-state index < -0.39 is 17.8 Å². The van der Waals surface area contributed by atoms with Gasteiger partial charge in [-0.2, -0.15) is 0 Å². The fraction of sp³-hybridized carbons (Fsp3) is 0.600. The van der Waals surface area contributed by atoms with Gasteiger partial charge in [0.05, 0.1) is 7.11 Å². The van der Waals surface area contributed by atoms with Crippen molar-refractivity contribution in [3.8, 4) is 5.75 Å². The summed E-state index contributed by atoms with van der Waals surface area (Å²) in [6.07, 6.45) is 0. The Labute approximate surface area is 117 Å². The first kappa shape index (κ1) is 13.8. The van der Waals surface area contributed by atoms with E-state index in [1.807, 2.05) is 24.3 Å². The SMILES string of the molecule is COc1ccc(CN2CC3CNCC(C2)C3(F)F)cc1. The minimum Gasteiger partial charge on any atom is -0.497 e. The van der Waals surface area contributed by atoms with Crippen molar-refractivity contribution in [1.82, 2.24) is 10.2 Å². The molecule has 2 bridgehead atoms. The number of likely N-dealkylation sites (tertiary alicyclic amines) is 1. The first-order valence-corrected chi connectivity index (χ1v) is 7.03. The lowest BCUT2D eigenvalue weighted by atomic mass is 9.81. The Morgan fingerprint density at radius 1 is 1.20 bits per heavy atom. The van der Waals surface area contributed by atoms with Gasteiger partial charge in [0.2, 0.25) is 0 Å². The van der Waals surface area contributed by atoms with E-state index in [0.29, 0.717) is 26.2 Å². The zero-order chi connectivity index (χ0) is 14.2. The Kier molecular flexibility index (Phi) is 3.65. The second-order valence-electron chi connectivity index (χ2n) is 5.77. The highest BCUT2D eigenvalue weighted by atomic mass is 19.3. The van der Waals surface area contributed by atoms with E-state index in [2.05, 4.69) is 10.2 Å². The van der Waals surface area contributed by atoms with Crippen LogP contribution in [-0.4, -0.2) is 44.1 Å². The highest BCUT2D eigenvalue weighted by Crippen LogP contribution is 2.40. The van der Waals surface area contributed by atoms with Crippen LogP contribution < -0.4 is 10.1 Å². The molecule has 2 fully saturated rings. The maximum absolute atomic E-state index is 14.0. The Bertz CT molecular complexity index is 447. The molecule has 3 nitrogen and oxygen atoms in total. The molecule has 0 spiro atoms. The maximum Gasteiger partial charge on any atom is 0.258 e. The molecular formula is C15H20F2N2O.